The lowest BCUT2D eigenvalue weighted by Crippen LogP contribution is -2.40. The second-order valence-corrected chi connectivity index (χ2v) is 10.4. The standard InChI is InChI=1S/C31H44N4O/c1-8-17-35(21(3)4)31(36)34-26-15-13-25(14-16-26)30(27(9-2)24-11-10-12-24)29(20-32-7)28-18-22(5)19-33-23(28)6/h13-16,18-21,24,27H,8-12,17H2,1-7H3,(H,34,36). The van der Waals surface area contributed by atoms with Crippen LogP contribution >= 0.6 is 0 Å². The Labute approximate surface area is 218 Å². The Morgan fingerprint density at radius 3 is 2.42 bits per heavy atom. The Balaban J connectivity index is 2.07. The van der Waals surface area contributed by atoms with Gasteiger partial charge in [0, 0.05) is 54.6 Å². The van der Waals surface area contributed by atoms with Gasteiger partial charge in [-0.05, 0) is 100 Å². The summed E-state index contributed by atoms with van der Waals surface area (Å²) in [5, 5.41) is 3.10. The molecule has 1 fully saturated rings. The van der Waals surface area contributed by atoms with E-state index in [1.54, 1.807) is 0 Å². The van der Waals surface area contributed by atoms with Gasteiger partial charge in [0.15, 0.2) is 0 Å². The van der Waals surface area contributed by atoms with Gasteiger partial charge in [-0.1, -0.05) is 32.4 Å². The average molecular weight is 489 g/mol. The Hall–Kier alpha value is -2.95. The number of pyridine rings is 1. The molecule has 0 spiro atoms. The second kappa shape index (κ2) is 12.8. The molecule has 194 valence electrons. The largest absolute Gasteiger partial charge is 0.322 e. The van der Waals surface area contributed by atoms with Gasteiger partial charge < -0.3 is 10.2 Å². The fourth-order valence-electron chi connectivity index (χ4n) is 5.27. The maximum atomic E-state index is 12.9. The second-order valence-electron chi connectivity index (χ2n) is 10.4. The molecule has 0 aliphatic heterocycles. The number of hydrogen-bond donors (Lipinski definition) is 1. The highest BCUT2D eigenvalue weighted by molar-refractivity contribution is 6.20. The van der Waals surface area contributed by atoms with Gasteiger partial charge in [0.05, 0.1) is 0 Å². The van der Waals surface area contributed by atoms with E-state index in [0.29, 0.717) is 11.8 Å². The van der Waals surface area contributed by atoms with E-state index in [9.17, 15) is 4.79 Å². The molecule has 5 nitrogen and oxygen atoms in total. The number of nitrogens with zero attached hydrogens (tertiary/aromatic N) is 3. The molecule has 1 atom stereocenters. The number of nitrogens with one attached hydrogen (secondary N) is 1. The molecular formula is C31H44N4O. The first-order valence-electron chi connectivity index (χ1n) is 13.6. The highest BCUT2D eigenvalue weighted by Crippen LogP contribution is 2.45. The van der Waals surface area contributed by atoms with Gasteiger partial charge in [0.1, 0.15) is 0 Å². The molecule has 1 aliphatic carbocycles. The van der Waals surface area contributed by atoms with Crippen molar-refractivity contribution in [1.82, 2.24) is 9.88 Å². The average Bonchev–Trinajstić information content (AvgIpc) is 2.82. The zero-order valence-electron chi connectivity index (χ0n) is 23.3. The predicted molar refractivity (Wildman–Crippen MR) is 154 cm³/mol. The van der Waals surface area contributed by atoms with E-state index in [1.165, 1.54) is 30.4 Å². The molecule has 3 rings (SSSR count). The summed E-state index contributed by atoms with van der Waals surface area (Å²) in [6.45, 7) is 13.4. The molecule has 1 aliphatic rings. The lowest BCUT2D eigenvalue weighted by atomic mass is 9.69. The summed E-state index contributed by atoms with van der Waals surface area (Å²) in [6.07, 6.45) is 9.83. The van der Waals surface area contributed by atoms with E-state index in [0.717, 1.165) is 47.5 Å². The van der Waals surface area contributed by atoms with Gasteiger partial charge in [-0.3, -0.25) is 9.98 Å². The van der Waals surface area contributed by atoms with Crippen LogP contribution in [0.2, 0.25) is 0 Å². The van der Waals surface area contributed by atoms with Crippen molar-refractivity contribution in [3.8, 4) is 0 Å². The van der Waals surface area contributed by atoms with Gasteiger partial charge >= 0.3 is 6.03 Å². The lowest BCUT2D eigenvalue weighted by molar-refractivity contribution is 0.197. The summed E-state index contributed by atoms with van der Waals surface area (Å²) in [6, 6.07) is 10.7. The van der Waals surface area contributed by atoms with Crippen molar-refractivity contribution < 1.29 is 4.79 Å². The normalized spacial score (nSPS) is 15.6. The molecule has 1 aromatic heterocycles. The van der Waals surface area contributed by atoms with E-state index < -0.39 is 0 Å². The number of aromatic nitrogens is 1. The van der Waals surface area contributed by atoms with Gasteiger partial charge in [-0.2, -0.15) is 0 Å². The Morgan fingerprint density at radius 1 is 1.19 bits per heavy atom. The number of carbonyl (C=O) groups excluding carboxylic acids is 1. The summed E-state index contributed by atoms with van der Waals surface area (Å²) in [5.41, 5.74) is 7.83. The first-order valence-corrected chi connectivity index (χ1v) is 13.6. The smallest absolute Gasteiger partial charge is 0.322 e. The fourth-order valence-corrected chi connectivity index (χ4v) is 5.27. The predicted octanol–water partition coefficient (Wildman–Crippen LogP) is 7.79. The number of benzene rings is 1. The van der Waals surface area contributed by atoms with Crippen LogP contribution in [0.15, 0.2) is 41.5 Å². The fraction of sp³-hybridized carbons (Fsp3) is 0.516. The number of aryl methyl sites for hydroxylation is 2. The topological polar surface area (TPSA) is 57.6 Å². The van der Waals surface area contributed by atoms with Gasteiger partial charge in [0.2, 0.25) is 0 Å². The molecule has 1 saturated carbocycles. The zero-order valence-corrected chi connectivity index (χ0v) is 23.3. The monoisotopic (exact) mass is 488 g/mol. The third kappa shape index (κ3) is 6.43. The molecule has 0 saturated heterocycles. The minimum atomic E-state index is -0.0449. The summed E-state index contributed by atoms with van der Waals surface area (Å²) in [4.78, 5) is 23.9. The number of urea groups is 1. The highest BCUT2D eigenvalue weighted by atomic mass is 16.2. The molecule has 2 aromatic rings. The first-order chi connectivity index (χ1) is 17.3. The van der Waals surface area contributed by atoms with Crippen molar-refractivity contribution in [2.75, 3.05) is 18.9 Å². The van der Waals surface area contributed by atoms with E-state index >= 15 is 0 Å². The molecule has 1 unspecified atom stereocenters. The first kappa shape index (κ1) is 27.6. The quantitative estimate of drug-likeness (QED) is 0.347. The van der Waals surface area contributed by atoms with Crippen LogP contribution < -0.4 is 5.32 Å². The molecule has 1 aromatic carbocycles. The van der Waals surface area contributed by atoms with Crippen molar-refractivity contribution in [3.05, 3.63) is 58.9 Å². The Kier molecular flexibility index (Phi) is 9.86. The molecule has 0 bridgehead atoms. The van der Waals surface area contributed by atoms with E-state index in [1.807, 2.05) is 36.5 Å². The van der Waals surface area contributed by atoms with E-state index in [4.69, 9.17) is 0 Å². The summed E-state index contributed by atoms with van der Waals surface area (Å²) < 4.78 is 0. The lowest BCUT2D eigenvalue weighted by Gasteiger charge is -2.36. The molecule has 5 heteroatoms. The van der Waals surface area contributed by atoms with Crippen LogP contribution in [0.5, 0.6) is 0 Å². The minimum Gasteiger partial charge on any atom is -0.322 e. The molecule has 1 heterocycles. The molecular weight excluding hydrogens is 444 g/mol. The van der Waals surface area contributed by atoms with Crippen LogP contribution in [0.3, 0.4) is 0 Å². The molecule has 2 amide bonds. The molecule has 36 heavy (non-hydrogen) atoms. The van der Waals surface area contributed by atoms with Crippen molar-refractivity contribution in [1.29, 1.82) is 0 Å². The van der Waals surface area contributed by atoms with Crippen molar-refractivity contribution in [2.24, 2.45) is 16.8 Å². The summed E-state index contributed by atoms with van der Waals surface area (Å²) in [7, 11) is 1.84. The number of anilines is 1. The van der Waals surface area contributed by atoms with Crippen LogP contribution in [0.4, 0.5) is 10.5 Å². The number of amides is 2. The number of carbonyl (C=O) groups is 1. The van der Waals surface area contributed by atoms with Crippen LogP contribution in [0.1, 0.15) is 82.2 Å². The Bertz CT molecular complexity index is 1080. The zero-order chi connectivity index (χ0) is 26.2. The van der Waals surface area contributed by atoms with Crippen molar-refractivity contribution >= 4 is 29.1 Å². The van der Waals surface area contributed by atoms with Crippen LogP contribution in [0, 0.1) is 25.7 Å². The van der Waals surface area contributed by atoms with Crippen molar-refractivity contribution in [3.63, 3.8) is 0 Å². The summed E-state index contributed by atoms with van der Waals surface area (Å²) in [5.74, 6) is 1.14. The van der Waals surface area contributed by atoms with E-state index in [2.05, 4.69) is 75.0 Å². The van der Waals surface area contributed by atoms with Crippen LogP contribution in [-0.2, 0) is 0 Å². The number of rotatable bonds is 10. The van der Waals surface area contributed by atoms with E-state index in [-0.39, 0.29) is 12.1 Å². The summed E-state index contributed by atoms with van der Waals surface area (Å²) >= 11 is 0. The maximum Gasteiger partial charge on any atom is 0.322 e. The highest BCUT2D eigenvalue weighted by Gasteiger charge is 2.31. The molecule has 1 N–H and O–H groups in total. The maximum absolute atomic E-state index is 12.9. The SMILES string of the molecule is CCCN(C(=O)Nc1ccc(C(=C(C=NC)c2cc(C)cnc2C)C(CC)C2CCC2)cc1)C(C)C. The van der Waals surface area contributed by atoms with Gasteiger partial charge in [0.25, 0.3) is 0 Å². The van der Waals surface area contributed by atoms with Crippen molar-refractivity contribution in [2.45, 2.75) is 79.7 Å². The van der Waals surface area contributed by atoms with Gasteiger partial charge in [-0.25, -0.2) is 4.79 Å². The number of hydrogen-bond acceptors (Lipinski definition) is 3. The minimum absolute atomic E-state index is 0.0449. The number of aliphatic imine (C=N–C) groups is 1. The number of allylic oxidation sites excluding steroid dienone is 2. The van der Waals surface area contributed by atoms with Gasteiger partial charge in [-0.15, -0.1) is 0 Å². The van der Waals surface area contributed by atoms with Crippen LogP contribution in [0.25, 0.3) is 11.1 Å². The Morgan fingerprint density at radius 2 is 1.89 bits per heavy atom. The van der Waals surface area contributed by atoms with Crippen LogP contribution in [-0.4, -0.2) is 41.8 Å². The third-order valence-electron chi connectivity index (χ3n) is 7.39. The molecule has 0 radical (unpaired) electrons. The third-order valence-corrected chi connectivity index (χ3v) is 7.39.